The van der Waals surface area contributed by atoms with Crippen molar-refractivity contribution >= 4 is 87.2 Å². The van der Waals surface area contributed by atoms with Gasteiger partial charge in [0.25, 0.3) is 0 Å². The summed E-state index contributed by atoms with van der Waals surface area (Å²) >= 11 is 0. The Labute approximate surface area is 368 Å². The van der Waals surface area contributed by atoms with Crippen molar-refractivity contribution in [1.82, 2.24) is 18.3 Å². The van der Waals surface area contributed by atoms with Crippen LogP contribution in [-0.2, 0) is 0 Å². The van der Waals surface area contributed by atoms with Gasteiger partial charge in [-0.05, 0) is 84.9 Å². The lowest BCUT2D eigenvalue weighted by atomic mass is 10.0. The highest BCUT2D eigenvalue weighted by Gasteiger charge is 2.24. The normalized spacial score (nSPS) is 11.9. The highest BCUT2D eigenvalue weighted by Crippen LogP contribution is 2.44. The van der Waals surface area contributed by atoms with Crippen LogP contribution in [0, 0.1) is 12.1 Å². The van der Waals surface area contributed by atoms with Crippen molar-refractivity contribution in [2.24, 2.45) is 0 Å². The largest absolute Gasteiger partial charge is 0.309 e. The van der Waals surface area contributed by atoms with Crippen LogP contribution < -0.4 is 0 Å². The van der Waals surface area contributed by atoms with Crippen LogP contribution in [0.4, 0.5) is 0 Å². The number of hydrogen-bond acceptors (Lipinski definition) is 0. The molecule has 0 fully saturated rings. The average molecular weight is 813 g/mol. The van der Waals surface area contributed by atoms with Gasteiger partial charge in [-0.25, -0.2) is 0 Å². The van der Waals surface area contributed by atoms with E-state index < -0.39 is 0 Å². The van der Waals surface area contributed by atoms with Gasteiger partial charge in [0.2, 0.25) is 0 Å². The van der Waals surface area contributed by atoms with Crippen LogP contribution in [0.15, 0.2) is 218 Å². The highest BCUT2D eigenvalue weighted by atomic mass is 15.0. The molecule has 0 N–H and O–H groups in total. The zero-order chi connectivity index (χ0) is 41.9. The summed E-state index contributed by atoms with van der Waals surface area (Å²) in [4.78, 5) is 0. The van der Waals surface area contributed by atoms with Gasteiger partial charge in [-0.2, -0.15) is 0 Å². The second kappa shape index (κ2) is 13.4. The maximum atomic E-state index is 3.44. The van der Waals surface area contributed by atoms with Gasteiger partial charge in [0.1, 0.15) is 0 Å². The molecule has 10 aromatic carbocycles. The number of aromatic nitrogens is 4. The SMILES string of the molecule is c1ccc2c(c#1)c1ccccc1n2-c1ccccc1-c1ccccc1-n1c2ccc(-n3c4ccccc4c4ccccc43)cc2c2c(-n3c4ccccc4c4ccccc43)cccc21. The molecule has 14 rings (SSSR count). The molecule has 0 bridgehead atoms. The monoisotopic (exact) mass is 812 g/mol. The van der Waals surface area contributed by atoms with E-state index in [1.54, 1.807) is 0 Å². The number of nitrogens with zero attached hydrogens (tertiary/aromatic N) is 4. The molecule has 0 amide bonds. The third kappa shape index (κ3) is 4.78. The summed E-state index contributed by atoms with van der Waals surface area (Å²) in [7, 11) is 0. The topological polar surface area (TPSA) is 19.7 Å². The Bertz CT molecular complexity index is 4050. The Morgan fingerprint density at radius 2 is 0.703 bits per heavy atom. The minimum absolute atomic E-state index is 1.07. The number of rotatable bonds is 5. The molecule has 0 atom stereocenters. The van der Waals surface area contributed by atoms with Crippen LogP contribution in [0.3, 0.4) is 0 Å². The molecule has 64 heavy (non-hydrogen) atoms. The first-order valence-electron chi connectivity index (χ1n) is 21.9. The summed E-state index contributed by atoms with van der Waals surface area (Å²) in [5.74, 6) is 0. The molecule has 14 aromatic rings. The standard InChI is InChI=1S/C60H36N4/c1-9-26-49-40(18-1)41-19-2-10-27-50(41)61(49)39-36-37-57-48(38-39)60-58(63-54-31-14-6-24-46(54)47-25-7-15-32-55(47)63)34-17-35-59(60)64(57)56-33-16-8-23-45(56)44-22-5-13-30-53(44)62-51-28-11-3-20-42(51)43-21-4-12-29-52(43)62/h1-3,5-20,22-38H. The van der Waals surface area contributed by atoms with Crippen molar-refractivity contribution in [2.75, 3.05) is 0 Å². The van der Waals surface area contributed by atoms with Crippen LogP contribution in [0.1, 0.15) is 0 Å². The van der Waals surface area contributed by atoms with Gasteiger partial charge in [0, 0.05) is 54.5 Å². The Morgan fingerprint density at radius 1 is 0.281 bits per heavy atom. The second-order valence-corrected chi connectivity index (χ2v) is 16.7. The van der Waals surface area contributed by atoms with E-state index in [0.717, 1.165) is 66.7 Å². The molecule has 4 heteroatoms. The van der Waals surface area contributed by atoms with Gasteiger partial charge in [0.05, 0.1) is 66.6 Å². The van der Waals surface area contributed by atoms with E-state index in [-0.39, 0.29) is 0 Å². The van der Waals surface area contributed by atoms with E-state index >= 15 is 0 Å². The molecule has 4 aromatic heterocycles. The van der Waals surface area contributed by atoms with E-state index in [4.69, 9.17) is 0 Å². The molecule has 4 heterocycles. The van der Waals surface area contributed by atoms with E-state index in [1.807, 2.05) is 6.07 Å². The lowest BCUT2D eigenvalue weighted by Crippen LogP contribution is -2.01. The highest BCUT2D eigenvalue weighted by molar-refractivity contribution is 6.18. The van der Waals surface area contributed by atoms with E-state index in [9.17, 15) is 0 Å². The summed E-state index contributed by atoms with van der Waals surface area (Å²) in [6.45, 7) is 0. The van der Waals surface area contributed by atoms with E-state index in [1.165, 1.54) is 54.4 Å². The van der Waals surface area contributed by atoms with Gasteiger partial charge in [0.15, 0.2) is 0 Å². The maximum Gasteiger partial charge on any atom is 0.0632 e. The lowest BCUT2D eigenvalue weighted by molar-refractivity contribution is 1.15. The molecule has 0 aliphatic rings. The molecule has 296 valence electrons. The predicted octanol–water partition coefficient (Wildman–Crippen LogP) is 15.3. The minimum Gasteiger partial charge on any atom is -0.309 e. The maximum absolute atomic E-state index is 3.44. The van der Waals surface area contributed by atoms with Crippen molar-refractivity contribution in [3.63, 3.8) is 0 Å². The van der Waals surface area contributed by atoms with Crippen LogP contribution in [0.25, 0.3) is 121 Å². The quantitative estimate of drug-likeness (QED) is 0.165. The minimum atomic E-state index is 1.07. The summed E-state index contributed by atoms with van der Waals surface area (Å²) in [6.07, 6.45) is 0. The molecular formula is C60H36N4. The predicted molar refractivity (Wildman–Crippen MR) is 267 cm³/mol. The number of para-hydroxylation sites is 7. The Balaban J connectivity index is 1.10. The molecule has 0 saturated heterocycles. The smallest absolute Gasteiger partial charge is 0.0632 e. The summed E-state index contributed by atoms with van der Waals surface area (Å²) < 4.78 is 9.80. The fourth-order valence-electron chi connectivity index (χ4n) is 10.8. The first-order valence-corrected chi connectivity index (χ1v) is 21.9. The summed E-state index contributed by atoms with van der Waals surface area (Å²) in [6, 6.07) is 86.2. The van der Waals surface area contributed by atoms with Gasteiger partial charge in [-0.3, -0.25) is 0 Å². The summed E-state index contributed by atoms with van der Waals surface area (Å²) in [5, 5.41) is 9.60. The van der Waals surface area contributed by atoms with Crippen molar-refractivity contribution in [1.29, 1.82) is 0 Å². The van der Waals surface area contributed by atoms with Gasteiger partial charge in [-0.1, -0.05) is 146 Å². The fourth-order valence-corrected chi connectivity index (χ4v) is 10.8. The number of hydrogen-bond donors (Lipinski definition) is 0. The Kier molecular flexibility index (Phi) is 7.28. The van der Waals surface area contributed by atoms with Crippen molar-refractivity contribution in [2.45, 2.75) is 0 Å². The van der Waals surface area contributed by atoms with Gasteiger partial charge in [-0.15, -0.1) is 0 Å². The third-order valence-electron chi connectivity index (χ3n) is 13.4. The zero-order valence-electron chi connectivity index (χ0n) is 34.6. The molecule has 0 spiro atoms. The second-order valence-electron chi connectivity index (χ2n) is 16.7. The average Bonchev–Trinajstić information content (AvgIpc) is 4.09. The Morgan fingerprint density at radius 3 is 1.30 bits per heavy atom. The molecular weight excluding hydrogens is 777 g/mol. The molecule has 0 unspecified atom stereocenters. The van der Waals surface area contributed by atoms with Crippen molar-refractivity contribution in [3.8, 4) is 33.9 Å². The molecule has 4 nitrogen and oxygen atoms in total. The summed E-state index contributed by atoms with van der Waals surface area (Å²) in [5.41, 5.74) is 16.1. The van der Waals surface area contributed by atoms with Crippen LogP contribution >= 0.6 is 0 Å². The van der Waals surface area contributed by atoms with Crippen molar-refractivity contribution in [3.05, 3.63) is 231 Å². The van der Waals surface area contributed by atoms with Crippen LogP contribution in [-0.4, -0.2) is 18.3 Å². The molecule has 0 aliphatic heterocycles. The third-order valence-corrected chi connectivity index (χ3v) is 13.4. The van der Waals surface area contributed by atoms with Gasteiger partial charge >= 0.3 is 0 Å². The van der Waals surface area contributed by atoms with Gasteiger partial charge < -0.3 is 18.3 Å². The lowest BCUT2D eigenvalue weighted by Gasteiger charge is -2.18. The van der Waals surface area contributed by atoms with Crippen LogP contribution in [0.2, 0.25) is 0 Å². The molecule has 0 radical (unpaired) electrons. The van der Waals surface area contributed by atoms with Crippen LogP contribution in [0.5, 0.6) is 0 Å². The number of benzene rings is 9. The molecule has 0 aliphatic carbocycles. The molecule has 0 saturated carbocycles. The van der Waals surface area contributed by atoms with Crippen molar-refractivity contribution < 1.29 is 0 Å². The first kappa shape index (κ1) is 34.9. The number of fused-ring (bicyclic) bond motifs is 12. The fraction of sp³-hybridized carbons (Fsp3) is 0. The zero-order valence-corrected chi connectivity index (χ0v) is 34.6. The van der Waals surface area contributed by atoms with E-state index in [2.05, 4.69) is 243 Å². The Hall–Kier alpha value is -8.78. The first-order chi connectivity index (χ1) is 31.8. The van der Waals surface area contributed by atoms with E-state index in [0.29, 0.717) is 0 Å².